The number of allylic oxidation sites excluding steroid dienone is 6. The molecule has 0 spiro atoms. The molecule has 2 N–H and O–H groups in total. The van der Waals surface area contributed by atoms with Crippen LogP contribution in [-0.4, -0.2) is 68.5 Å². The van der Waals surface area contributed by atoms with Gasteiger partial charge in [-0.25, -0.2) is 0 Å². The zero-order valence-electron chi connectivity index (χ0n) is 50.8. The third-order valence-electron chi connectivity index (χ3n) is 15.1. The zero-order chi connectivity index (χ0) is 54.9. The first kappa shape index (κ1) is 73.7. The molecule has 0 aromatic heterocycles. The van der Waals surface area contributed by atoms with Crippen molar-refractivity contribution in [2.45, 2.75) is 341 Å². The maximum absolute atomic E-state index is 13.0. The number of quaternary nitrogens is 1. The highest BCUT2D eigenvalue weighted by atomic mass is 31.2. The van der Waals surface area contributed by atoms with Crippen LogP contribution in [0.2, 0.25) is 0 Å². The van der Waals surface area contributed by atoms with Crippen molar-refractivity contribution in [2.75, 3.05) is 40.9 Å². The Balaban J connectivity index is 4.05. The van der Waals surface area contributed by atoms with Crippen molar-refractivity contribution in [1.82, 2.24) is 5.32 Å². The van der Waals surface area contributed by atoms with E-state index in [1.807, 2.05) is 21.1 Å². The van der Waals surface area contributed by atoms with E-state index in [9.17, 15) is 19.4 Å². The van der Waals surface area contributed by atoms with Crippen molar-refractivity contribution in [1.29, 1.82) is 0 Å². The third kappa shape index (κ3) is 60.2. The quantitative estimate of drug-likeness (QED) is 0.0272. The Kier molecular flexibility index (Phi) is 56.4. The molecule has 3 atom stereocenters. The first-order chi connectivity index (χ1) is 36.5. The topological polar surface area (TPSA) is 108 Å². The Morgan fingerprint density at radius 3 is 1.12 bits per heavy atom. The maximum Gasteiger partial charge on any atom is 0.268 e. The van der Waals surface area contributed by atoms with Gasteiger partial charge in [-0.1, -0.05) is 307 Å². The number of nitrogens with one attached hydrogen (secondary N) is 1. The first-order valence-corrected chi connectivity index (χ1v) is 34.3. The number of carbonyl (C=O) groups excluding carboxylic acids is 1. The number of aliphatic hydroxyl groups is 1. The average molecular weight is 1080 g/mol. The van der Waals surface area contributed by atoms with E-state index in [4.69, 9.17) is 9.05 Å². The number of phosphoric ester groups is 1. The Morgan fingerprint density at radius 1 is 0.467 bits per heavy atom. The monoisotopic (exact) mass is 1080 g/mol. The lowest BCUT2D eigenvalue weighted by Gasteiger charge is -2.30. The van der Waals surface area contributed by atoms with Crippen LogP contribution < -0.4 is 10.2 Å². The lowest BCUT2D eigenvalue weighted by molar-refractivity contribution is -0.870. The van der Waals surface area contributed by atoms with Gasteiger partial charge >= 0.3 is 0 Å². The molecule has 0 saturated heterocycles. The van der Waals surface area contributed by atoms with Crippen LogP contribution in [0.3, 0.4) is 0 Å². The van der Waals surface area contributed by atoms with Crippen molar-refractivity contribution >= 4 is 13.7 Å². The smallest absolute Gasteiger partial charge is 0.268 e. The van der Waals surface area contributed by atoms with Crippen molar-refractivity contribution < 1.29 is 32.9 Å². The summed E-state index contributed by atoms with van der Waals surface area (Å²) < 4.78 is 23.5. The number of amides is 1. The zero-order valence-corrected chi connectivity index (χ0v) is 51.7. The standard InChI is InChI=1S/C66H129N2O6P/c1-6-8-10-12-14-16-18-20-22-24-26-28-29-30-31-32-33-34-35-36-37-38-40-41-43-45-47-49-51-53-55-57-59-65(69)64(63-74-75(71,72)73-62-61-68(3,4)5)67-66(70)60-58-56-54-52-50-48-46-44-42-39-27-25-23-21-19-17-15-13-11-9-7-2/h19,21,25,27,42,44,64-65,69H,6-18,20,22-24,26,28-41,43,45-63H2,1-5H3,(H-,67,70,71,72)/b21-19-,27-25-,44-42-. The Bertz CT molecular complexity index is 1320. The number of phosphoric acid groups is 1. The Labute approximate surface area is 467 Å². The summed E-state index contributed by atoms with van der Waals surface area (Å²) in [6.45, 7) is 4.74. The van der Waals surface area contributed by atoms with Gasteiger partial charge in [0.2, 0.25) is 5.91 Å². The Hall–Kier alpha value is -1.28. The highest BCUT2D eigenvalue weighted by molar-refractivity contribution is 7.45. The largest absolute Gasteiger partial charge is 0.756 e. The van der Waals surface area contributed by atoms with E-state index in [-0.39, 0.29) is 19.1 Å². The summed E-state index contributed by atoms with van der Waals surface area (Å²) in [5.41, 5.74) is 0. The number of hydrogen-bond donors (Lipinski definition) is 2. The van der Waals surface area contributed by atoms with Gasteiger partial charge < -0.3 is 28.8 Å². The Morgan fingerprint density at radius 2 is 0.773 bits per heavy atom. The van der Waals surface area contributed by atoms with Crippen LogP contribution in [0.15, 0.2) is 36.5 Å². The van der Waals surface area contributed by atoms with E-state index in [1.54, 1.807) is 0 Å². The minimum absolute atomic E-state index is 0.00943. The van der Waals surface area contributed by atoms with E-state index in [0.717, 1.165) is 64.2 Å². The summed E-state index contributed by atoms with van der Waals surface area (Å²) >= 11 is 0. The minimum Gasteiger partial charge on any atom is -0.756 e. The molecule has 0 aliphatic rings. The fourth-order valence-electron chi connectivity index (χ4n) is 9.99. The summed E-state index contributed by atoms with van der Waals surface area (Å²) in [6.07, 6.45) is 74.9. The van der Waals surface area contributed by atoms with Crippen molar-refractivity contribution in [3.8, 4) is 0 Å². The fraction of sp³-hybridized carbons (Fsp3) is 0.894. The van der Waals surface area contributed by atoms with Gasteiger partial charge in [0.05, 0.1) is 39.9 Å². The van der Waals surface area contributed by atoms with Gasteiger partial charge in [-0.3, -0.25) is 9.36 Å². The molecule has 0 saturated carbocycles. The number of likely N-dealkylation sites (N-methyl/N-ethyl adjacent to an activating group) is 1. The predicted molar refractivity (Wildman–Crippen MR) is 325 cm³/mol. The molecule has 0 bridgehead atoms. The predicted octanol–water partition coefficient (Wildman–Crippen LogP) is 19.9. The number of nitrogens with zero attached hydrogens (tertiary/aromatic N) is 1. The van der Waals surface area contributed by atoms with Gasteiger partial charge in [-0.2, -0.15) is 0 Å². The van der Waals surface area contributed by atoms with Gasteiger partial charge in [0.25, 0.3) is 7.82 Å². The van der Waals surface area contributed by atoms with E-state index in [2.05, 4.69) is 55.6 Å². The third-order valence-corrected chi connectivity index (χ3v) is 16.1. The number of hydrogen-bond acceptors (Lipinski definition) is 6. The van der Waals surface area contributed by atoms with Crippen molar-refractivity contribution in [3.63, 3.8) is 0 Å². The SMILES string of the molecule is CCCCCCC/C=C\C/C=C\C/C=C\CCCCCCCCC(=O)NC(COP(=O)([O-])OCC[N+](C)(C)C)C(O)CCCCCCCCCCCCCCCCCCCCCCCCCCCCCCCCCC. The minimum atomic E-state index is -4.58. The highest BCUT2D eigenvalue weighted by Crippen LogP contribution is 2.38. The fourth-order valence-corrected chi connectivity index (χ4v) is 10.7. The number of carbonyl (C=O) groups is 1. The molecule has 9 heteroatoms. The molecule has 0 rings (SSSR count). The first-order valence-electron chi connectivity index (χ1n) is 32.8. The van der Waals surface area contributed by atoms with E-state index in [0.29, 0.717) is 23.9 Å². The van der Waals surface area contributed by atoms with E-state index in [1.165, 1.54) is 238 Å². The van der Waals surface area contributed by atoms with Crippen LogP contribution >= 0.6 is 7.82 Å². The second-order valence-electron chi connectivity index (χ2n) is 23.8. The maximum atomic E-state index is 13.0. The molecule has 0 fully saturated rings. The van der Waals surface area contributed by atoms with Gasteiger partial charge in [0, 0.05) is 6.42 Å². The van der Waals surface area contributed by atoms with Gasteiger partial charge in [0.1, 0.15) is 13.2 Å². The summed E-state index contributed by atoms with van der Waals surface area (Å²) in [5.74, 6) is -0.173. The molecule has 0 aromatic carbocycles. The molecule has 0 heterocycles. The van der Waals surface area contributed by atoms with E-state index < -0.39 is 20.0 Å². The van der Waals surface area contributed by atoms with Crippen LogP contribution in [-0.2, 0) is 18.4 Å². The van der Waals surface area contributed by atoms with Gasteiger partial charge in [0.15, 0.2) is 0 Å². The number of rotatable bonds is 61. The molecule has 0 aliphatic heterocycles. The molecule has 0 aliphatic carbocycles. The van der Waals surface area contributed by atoms with Crippen molar-refractivity contribution in [3.05, 3.63) is 36.5 Å². The molecule has 1 amide bonds. The second-order valence-corrected chi connectivity index (χ2v) is 25.2. The summed E-state index contributed by atoms with van der Waals surface area (Å²) in [5, 5.41) is 14.1. The molecule has 8 nitrogen and oxygen atoms in total. The normalized spacial score (nSPS) is 14.0. The van der Waals surface area contributed by atoms with Crippen LogP contribution in [0, 0.1) is 0 Å². The van der Waals surface area contributed by atoms with E-state index >= 15 is 0 Å². The van der Waals surface area contributed by atoms with Gasteiger partial charge in [-0.05, 0) is 51.4 Å². The molecule has 0 aromatic rings. The van der Waals surface area contributed by atoms with Crippen molar-refractivity contribution in [2.24, 2.45) is 0 Å². The molecule has 3 unspecified atom stereocenters. The molecule has 75 heavy (non-hydrogen) atoms. The average Bonchev–Trinajstić information content (AvgIpc) is 3.37. The van der Waals surface area contributed by atoms with Gasteiger partial charge in [-0.15, -0.1) is 0 Å². The van der Waals surface area contributed by atoms with Crippen LogP contribution in [0.5, 0.6) is 0 Å². The molecular formula is C66H129N2O6P. The lowest BCUT2D eigenvalue weighted by Crippen LogP contribution is -2.46. The number of aliphatic hydroxyl groups excluding tert-OH is 1. The summed E-state index contributed by atoms with van der Waals surface area (Å²) in [7, 11) is 1.30. The van der Waals surface area contributed by atoms with Crippen LogP contribution in [0.4, 0.5) is 0 Å². The lowest BCUT2D eigenvalue weighted by atomic mass is 10.0. The number of unbranched alkanes of at least 4 members (excludes halogenated alkanes) is 42. The molecule has 0 radical (unpaired) electrons. The summed E-state index contributed by atoms with van der Waals surface area (Å²) in [6, 6.07) is -0.810. The van der Waals surface area contributed by atoms with Crippen LogP contribution in [0.25, 0.3) is 0 Å². The summed E-state index contributed by atoms with van der Waals surface area (Å²) in [4.78, 5) is 25.6. The van der Waals surface area contributed by atoms with Crippen LogP contribution in [0.1, 0.15) is 328 Å². The molecule has 444 valence electrons. The molecular weight excluding hydrogens is 948 g/mol. The highest BCUT2D eigenvalue weighted by Gasteiger charge is 2.24. The second kappa shape index (κ2) is 57.4.